The van der Waals surface area contributed by atoms with Crippen molar-refractivity contribution in [2.45, 2.75) is 18.7 Å². The summed E-state index contributed by atoms with van der Waals surface area (Å²) in [6.07, 6.45) is 1.72. The first-order chi connectivity index (χ1) is 7.81. The topological polar surface area (TPSA) is 72.2 Å². The lowest BCUT2D eigenvalue weighted by Crippen LogP contribution is -2.24. The molecule has 0 bridgehead atoms. The molecule has 0 radical (unpaired) electrons. The number of nitrogens with one attached hydrogen (secondary N) is 1. The van der Waals surface area contributed by atoms with Crippen LogP contribution in [0.4, 0.5) is 10.1 Å². The average molecular weight is 258 g/mol. The lowest BCUT2D eigenvalue weighted by atomic mass is 10.3. The molecule has 0 atom stereocenters. The van der Waals surface area contributed by atoms with Crippen molar-refractivity contribution in [3.8, 4) is 0 Å². The Morgan fingerprint density at radius 1 is 1.41 bits per heavy atom. The van der Waals surface area contributed by atoms with E-state index in [0.29, 0.717) is 0 Å². The van der Waals surface area contributed by atoms with Gasteiger partial charge in [-0.1, -0.05) is 11.6 Å². The minimum atomic E-state index is -3.72. The minimum Gasteiger partial charge on any atom is -0.399 e. The zero-order chi connectivity index (χ0) is 13.1. The number of anilines is 1. The smallest absolute Gasteiger partial charge is 0.241 e. The molecule has 6 heteroatoms. The molecule has 94 valence electrons. The molecular weight excluding hydrogens is 243 g/mol. The lowest BCUT2D eigenvalue weighted by Gasteiger charge is -2.06. The molecule has 0 fully saturated rings. The van der Waals surface area contributed by atoms with Crippen molar-refractivity contribution < 1.29 is 12.8 Å². The molecule has 0 aliphatic carbocycles. The quantitative estimate of drug-likeness (QED) is 0.637. The summed E-state index contributed by atoms with van der Waals surface area (Å²) in [5, 5.41) is 0. The second-order valence-corrected chi connectivity index (χ2v) is 5.62. The molecule has 1 aromatic rings. The molecule has 3 N–H and O–H groups in total. The number of halogens is 1. The van der Waals surface area contributed by atoms with Gasteiger partial charge in [0, 0.05) is 12.2 Å². The number of sulfonamides is 1. The van der Waals surface area contributed by atoms with E-state index in [1.54, 1.807) is 6.08 Å². The van der Waals surface area contributed by atoms with Crippen molar-refractivity contribution in [3.05, 3.63) is 35.7 Å². The van der Waals surface area contributed by atoms with Crippen LogP contribution in [0.2, 0.25) is 0 Å². The van der Waals surface area contributed by atoms with Crippen LogP contribution >= 0.6 is 0 Å². The third-order valence-corrected chi connectivity index (χ3v) is 3.39. The molecule has 0 aliphatic heterocycles. The van der Waals surface area contributed by atoms with E-state index in [2.05, 4.69) is 4.72 Å². The summed E-state index contributed by atoms with van der Waals surface area (Å²) in [7, 11) is -3.72. The summed E-state index contributed by atoms with van der Waals surface area (Å²) in [6.45, 7) is 3.88. The van der Waals surface area contributed by atoms with E-state index in [1.165, 1.54) is 6.07 Å². The number of hydrogen-bond donors (Lipinski definition) is 2. The van der Waals surface area contributed by atoms with Gasteiger partial charge in [0.15, 0.2) is 0 Å². The van der Waals surface area contributed by atoms with Crippen LogP contribution in [-0.2, 0) is 10.0 Å². The van der Waals surface area contributed by atoms with Crippen molar-refractivity contribution in [1.82, 2.24) is 4.72 Å². The summed E-state index contributed by atoms with van der Waals surface area (Å²) >= 11 is 0. The Morgan fingerprint density at radius 3 is 2.59 bits per heavy atom. The van der Waals surface area contributed by atoms with Crippen molar-refractivity contribution in [3.63, 3.8) is 0 Å². The number of allylic oxidation sites excluding steroid dienone is 1. The van der Waals surface area contributed by atoms with E-state index in [0.717, 1.165) is 17.7 Å². The number of nitrogen functional groups attached to an aromatic ring is 1. The van der Waals surface area contributed by atoms with Gasteiger partial charge in [-0.25, -0.2) is 17.5 Å². The maximum atomic E-state index is 13.0. The fourth-order valence-electron chi connectivity index (χ4n) is 1.18. The first-order valence-corrected chi connectivity index (χ1v) is 6.48. The monoisotopic (exact) mass is 258 g/mol. The third kappa shape index (κ3) is 4.16. The lowest BCUT2D eigenvalue weighted by molar-refractivity contribution is 0.581. The zero-order valence-electron chi connectivity index (χ0n) is 9.70. The van der Waals surface area contributed by atoms with Gasteiger partial charge in [-0.05, 0) is 32.0 Å². The van der Waals surface area contributed by atoms with E-state index in [4.69, 9.17) is 5.73 Å². The van der Waals surface area contributed by atoms with Gasteiger partial charge in [0.05, 0.1) is 4.90 Å². The zero-order valence-corrected chi connectivity index (χ0v) is 10.5. The molecule has 4 nitrogen and oxygen atoms in total. The highest BCUT2D eigenvalue weighted by atomic mass is 32.2. The van der Waals surface area contributed by atoms with Crippen LogP contribution in [-0.4, -0.2) is 15.0 Å². The molecule has 0 saturated carbocycles. The van der Waals surface area contributed by atoms with E-state index in [-0.39, 0.29) is 17.1 Å². The summed E-state index contributed by atoms with van der Waals surface area (Å²) in [5.74, 6) is -0.674. The number of hydrogen-bond acceptors (Lipinski definition) is 3. The molecule has 0 saturated heterocycles. The first-order valence-electron chi connectivity index (χ1n) is 5.00. The largest absolute Gasteiger partial charge is 0.399 e. The molecule has 17 heavy (non-hydrogen) atoms. The van der Waals surface area contributed by atoms with E-state index in [1.807, 2.05) is 13.8 Å². The van der Waals surface area contributed by atoms with Crippen LogP contribution < -0.4 is 10.5 Å². The molecule has 1 rings (SSSR count). The van der Waals surface area contributed by atoms with E-state index >= 15 is 0 Å². The second kappa shape index (κ2) is 5.29. The van der Waals surface area contributed by atoms with Gasteiger partial charge in [-0.3, -0.25) is 0 Å². The van der Waals surface area contributed by atoms with E-state index < -0.39 is 15.8 Å². The van der Waals surface area contributed by atoms with Gasteiger partial charge in [0.2, 0.25) is 10.0 Å². The fourth-order valence-corrected chi connectivity index (χ4v) is 2.21. The molecule has 0 aromatic heterocycles. The molecule has 0 spiro atoms. The molecule has 0 unspecified atom stereocenters. The van der Waals surface area contributed by atoms with Crippen LogP contribution in [0.1, 0.15) is 13.8 Å². The maximum Gasteiger partial charge on any atom is 0.241 e. The summed E-state index contributed by atoms with van der Waals surface area (Å²) in [4.78, 5) is -0.169. The fraction of sp³-hybridized carbons (Fsp3) is 0.273. The van der Waals surface area contributed by atoms with Crippen LogP contribution in [0.5, 0.6) is 0 Å². The van der Waals surface area contributed by atoms with Gasteiger partial charge in [-0.15, -0.1) is 0 Å². The predicted octanol–water partition coefficient (Wildman–Crippen LogP) is 1.65. The average Bonchev–Trinajstić information content (AvgIpc) is 2.14. The molecule has 1 aromatic carbocycles. The van der Waals surface area contributed by atoms with Crippen LogP contribution in [0.25, 0.3) is 0 Å². The highest BCUT2D eigenvalue weighted by Gasteiger charge is 2.14. The minimum absolute atomic E-state index is 0.0765. The predicted molar refractivity (Wildman–Crippen MR) is 65.4 cm³/mol. The van der Waals surface area contributed by atoms with Crippen molar-refractivity contribution in [2.75, 3.05) is 12.3 Å². The Hall–Kier alpha value is -1.40. The van der Waals surface area contributed by atoms with Crippen molar-refractivity contribution in [2.24, 2.45) is 0 Å². The number of nitrogens with two attached hydrogens (primary N) is 1. The summed E-state index contributed by atoms with van der Waals surface area (Å²) in [5.41, 5.74) is 6.46. The Morgan fingerprint density at radius 2 is 2.06 bits per heavy atom. The Balaban J connectivity index is 2.93. The van der Waals surface area contributed by atoms with Crippen molar-refractivity contribution >= 4 is 15.7 Å². The molecular formula is C11H15FN2O2S. The van der Waals surface area contributed by atoms with Gasteiger partial charge in [0.25, 0.3) is 0 Å². The second-order valence-electron chi connectivity index (χ2n) is 3.85. The third-order valence-electron chi connectivity index (χ3n) is 1.99. The standard InChI is InChI=1S/C11H15FN2O2S/c1-8(2)3-4-14-17(15,16)11-6-9(12)5-10(13)7-11/h3,5-7,14H,4,13H2,1-2H3. The highest BCUT2D eigenvalue weighted by Crippen LogP contribution is 2.15. The Bertz CT molecular complexity index is 514. The molecule has 0 heterocycles. The van der Waals surface area contributed by atoms with Gasteiger partial charge >= 0.3 is 0 Å². The Kier molecular flexibility index (Phi) is 4.25. The Labute approximate surface area is 100 Å². The normalized spacial score (nSPS) is 11.2. The van der Waals surface area contributed by atoms with Crippen LogP contribution in [0, 0.1) is 5.82 Å². The number of rotatable bonds is 4. The SMILES string of the molecule is CC(C)=CCNS(=O)(=O)c1cc(N)cc(F)c1. The molecule has 0 amide bonds. The maximum absolute atomic E-state index is 13.0. The van der Waals surface area contributed by atoms with Gasteiger partial charge in [0.1, 0.15) is 5.82 Å². The van der Waals surface area contributed by atoms with Gasteiger partial charge < -0.3 is 5.73 Å². The van der Waals surface area contributed by atoms with Crippen LogP contribution in [0.3, 0.4) is 0 Å². The molecule has 0 aliphatic rings. The summed E-state index contributed by atoms with van der Waals surface area (Å²) < 4.78 is 38.9. The van der Waals surface area contributed by atoms with Crippen LogP contribution in [0.15, 0.2) is 34.7 Å². The van der Waals surface area contributed by atoms with E-state index in [9.17, 15) is 12.8 Å². The highest BCUT2D eigenvalue weighted by molar-refractivity contribution is 7.89. The first kappa shape index (κ1) is 13.7. The number of benzene rings is 1. The van der Waals surface area contributed by atoms with Crippen molar-refractivity contribution in [1.29, 1.82) is 0 Å². The summed E-state index contributed by atoms with van der Waals surface area (Å²) in [6, 6.07) is 3.21. The van der Waals surface area contributed by atoms with Gasteiger partial charge in [-0.2, -0.15) is 0 Å².